The second-order valence-electron chi connectivity index (χ2n) is 2.88. The summed E-state index contributed by atoms with van der Waals surface area (Å²) in [5.41, 5.74) is 0.667. The number of carboxylic acid groups (broad SMARTS) is 1. The van der Waals surface area contributed by atoms with E-state index in [4.69, 9.17) is 14.6 Å². The fourth-order valence-corrected chi connectivity index (χ4v) is 1.12. The van der Waals surface area contributed by atoms with Gasteiger partial charge < -0.3 is 19.9 Å². The van der Waals surface area contributed by atoms with Crippen molar-refractivity contribution >= 4 is 11.7 Å². The first-order chi connectivity index (χ1) is 7.67. The standard InChI is InChI=1S/C11H13NO4/c1-15-8-3-4-9(10(7-8)16-2)12-6-5-11(13)14/h3-7,12H,1-2H3,(H,13,14)/b6-5+. The van der Waals surface area contributed by atoms with Crippen molar-refractivity contribution < 1.29 is 19.4 Å². The molecule has 0 aromatic heterocycles. The summed E-state index contributed by atoms with van der Waals surface area (Å²) < 4.78 is 10.2. The number of anilines is 1. The van der Waals surface area contributed by atoms with Crippen LogP contribution in [0.25, 0.3) is 0 Å². The molecular formula is C11H13NO4. The molecule has 1 rings (SSSR count). The Labute approximate surface area is 93.3 Å². The highest BCUT2D eigenvalue weighted by molar-refractivity contribution is 5.80. The van der Waals surface area contributed by atoms with E-state index in [0.29, 0.717) is 17.2 Å². The van der Waals surface area contributed by atoms with E-state index in [2.05, 4.69) is 5.32 Å². The fraction of sp³-hybridized carbons (Fsp3) is 0.182. The average Bonchev–Trinajstić information content (AvgIpc) is 2.29. The van der Waals surface area contributed by atoms with Crippen LogP contribution >= 0.6 is 0 Å². The van der Waals surface area contributed by atoms with Gasteiger partial charge >= 0.3 is 5.97 Å². The summed E-state index contributed by atoms with van der Waals surface area (Å²) >= 11 is 0. The summed E-state index contributed by atoms with van der Waals surface area (Å²) in [7, 11) is 3.09. The highest BCUT2D eigenvalue weighted by Gasteiger charge is 2.02. The molecular weight excluding hydrogens is 210 g/mol. The molecule has 0 aliphatic rings. The summed E-state index contributed by atoms with van der Waals surface area (Å²) in [5.74, 6) is 0.235. The molecule has 16 heavy (non-hydrogen) atoms. The van der Waals surface area contributed by atoms with Gasteiger partial charge in [-0.25, -0.2) is 4.79 Å². The van der Waals surface area contributed by atoms with Crippen LogP contribution in [0.4, 0.5) is 5.69 Å². The summed E-state index contributed by atoms with van der Waals surface area (Å²) in [6.07, 6.45) is 2.33. The monoisotopic (exact) mass is 223 g/mol. The number of rotatable bonds is 5. The van der Waals surface area contributed by atoms with Crippen molar-refractivity contribution in [3.8, 4) is 11.5 Å². The molecule has 1 aromatic rings. The highest BCUT2D eigenvalue weighted by atomic mass is 16.5. The number of hydrogen-bond donors (Lipinski definition) is 2. The number of benzene rings is 1. The van der Waals surface area contributed by atoms with E-state index in [1.165, 1.54) is 13.3 Å². The van der Waals surface area contributed by atoms with Gasteiger partial charge in [-0.1, -0.05) is 0 Å². The second-order valence-corrected chi connectivity index (χ2v) is 2.88. The Morgan fingerprint density at radius 3 is 2.69 bits per heavy atom. The van der Waals surface area contributed by atoms with Crippen molar-refractivity contribution in [1.29, 1.82) is 0 Å². The Morgan fingerprint density at radius 1 is 1.38 bits per heavy atom. The fourth-order valence-electron chi connectivity index (χ4n) is 1.12. The van der Waals surface area contributed by atoms with Gasteiger partial charge in [0.25, 0.3) is 0 Å². The van der Waals surface area contributed by atoms with Gasteiger partial charge in [0.05, 0.1) is 19.9 Å². The Bertz CT molecular complexity index is 401. The van der Waals surface area contributed by atoms with Gasteiger partial charge in [0.15, 0.2) is 0 Å². The highest BCUT2D eigenvalue weighted by Crippen LogP contribution is 2.28. The molecule has 0 radical (unpaired) electrons. The molecule has 0 spiro atoms. The summed E-state index contributed by atoms with van der Waals surface area (Å²) in [6, 6.07) is 5.19. The zero-order valence-corrected chi connectivity index (χ0v) is 9.06. The predicted molar refractivity (Wildman–Crippen MR) is 59.9 cm³/mol. The lowest BCUT2D eigenvalue weighted by Crippen LogP contribution is -1.96. The van der Waals surface area contributed by atoms with Crippen LogP contribution in [0, 0.1) is 0 Å². The zero-order chi connectivity index (χ0) is 12.0. The smallest absolute Gasteiger partial charge is 0.329 e. The molecule has 5 heteroatoms. The van der Waals surface area contributed by atoms with E-state index in [0.717, 1.165) is 6.08 Å². The van der Waals surface area contributed by atoms with Crippen LogP contribution in [0.2, 0.25) is 0 Å². The lowest BCUT2D eigenvalue weighted by atomic mass is 10.2. The third-order valence-corrected chi connectivity index (χ3v) is 1.87. The molecule has 86 valence electrons. The first kappa shape index (κ1) is 11.9. The Morgan fingerprint density at radius 2 is 2.12 bits per heavy atom. The molecule has 0 fully saturated rings. The number of carbonyl (C=O) groups is 1. The van der Waals surface area contributed by atoms with Gasteiger partial charge in [0.1, 0.15) is 11.5 Å². The van der Waals surface area contributed by atoms with Gasteiger partial charge in [-0.3, -0.25) is 0 Å². The Kier molecular flexibility index (Phi) is 4.20. The molecule has 0 atom stereocenters. The maximum atomic E-state index is 10.3. The van der Waals surface area contributed by atoms with Gasteiger partial charge in [-0.2, -0.15) is 0 Å². The summed E-state index contributed by atoms with van der Waals surface area (Å²) in [4.78, 5) is 10.3. The molecule has 0 heterocycles. The third-order valence-electron chi connectivity index (χ3n) is 1.87. The minimum absolute atomic E-state index is 0.578. The van der Waals surface area contributed by atoms with Crippen molar-refractivity contribution in [2.45, 2.75) is 0 Å². The quantitative estimate of drug-likeness (QED) is 0.744. The third kappa shape index (κ3) is 3.20. The lowest BCUT2D eigenvalue weighted by molar-refractivity contribution is -0.131. The van der Waals surface area contributed by atoms with E-state index in [9.17, 15) is 4.79 Å². The van der Waals surface area contributed by atoms with Crippen molar-refractivity contribution in [3.63, 3.8) is 0 Å². The number of hydrogen-bond acceptors (Lipinski definition) is 4. The van der Waals surface area contributed by atoms with E-state index < -0.39 is 5.97 Å². The van der Waals surface area contributed by atoms with Crippen LogP contribution < -0.4 is 14.8 Å². The van der Waals surface area contributed by atoms with Gasteiger partial charge in [0.2, 0.25) is 0 Å². The molecule has 0 aliphatic heterocycles. The maximum Gasteiger partial charge on any atom is 0.329 e. The largest absolute Gasteiger partial charge is 0.497 e. The molecule has 0 aliphatic carbocycles. The number of nitrogens with one attached hydrogen (secondary N) is 1. The van der Waals surface area contributed by atoms with Crippen LogP contribution in [0.1, 0.15) is 0 Å². The molecule has 0 amide bonds. The molecule has 0 saturated heterocycles. The molecule has 2 N–H and O–H groups in total. The average molecular weight is 223 g/mol. The minimum atomic E-state index is -1.01. The van der Waals surface area contributed by atoms with E-state index in [1.54, 1.807) is 25.3 Å². The van der Waals surface area contributed by atoms with Crippen LogP contribution in [0.5, 0.6) is 11.5 Å². The topological polar surface area (TPSA) is 67.8 Å². The normalized spacial score (nSPS) is 10.1. The molecule has 0 saturated carbocycles. The Hall–Kier alpha value is -2.17. The zero-order valence-electron chi connectivity index (χ0n) is 9.06. The predicted octanol–water partition coefficient (Wildman–Crippen LogP) is 1.71. The minimum Gasteiger partial charge on any atom is -0.497 e. The maximum absolute atomic E-state index is 10.3. The first-order valence-electron chi connectivity index (χ1n) is 4.55. The van der Waals surface area contributed by atoms with Gasteiger partial charge in [0, 0.05) is 18.3 Å². The number of aliphatic carboxylic acids is 1. The first-order valence-corrected chi connectivity index (χ1v) is 4.55. The second kappa shape index (κ2) is 5.65. The molecule has 1 aromatic carbocycles. The van der Waals surface area contributed by atoms with Crippen LogP contribution in [-0.2, 0) is 4.79 Å². The van der Waals surface area contributed by atoms with Crippen molar-refractivity contribution in [2.24, 2.45) is 0 Å². The Balaban J connectivity index is 2.83. The lowest BCUT2D eigenvalue weighted by Gasteiger charge is -2.09. The molecule has 5 nitrogen and oxygen atoms in total. The summed E-state index contributed by atoms with van der Waals surface area (Å²) in [5, 5.41) is 11.2. The van der Waals surface area contributed by atoms with E-state index in [1.807, 2.05) is 0 Å². The van der Waals surface area contributed by atoms with Gasteiger partial charge in [-0.05, 0) is 12.1 Å². The van der Waals surface area contributed by atoms with E-state index in [-0.39, 0.29) is 0 Å². The number of methoxy groups -OCH3 is 2. The van der Waals surface area contributed by atoms with E-state index >= 15 is 0 Å². The number of carboxylic acids is 1. The number of ether oxygens (including phenoxy) is 2. The summed E-state index contributed by atoms with van der Waals surface area (Å²) in [6.45, 7) is 0. The van der Waals surface area contributed by atoms with Crippen molar-refractivity contribution in [3.05, 3.63) is 30.5 Å². The van der Waals surface area contributed by atoms with Crippen LogP contribution in [0.3, 0.4) is 0 Å². The SMILES string of the molecule is COc1ccc(N/C=C/C(=O)O)c(OC)c1. The van der Waals surface area contributed by atoms with Crippen LogP contribution in [0.15, 0.2) is 30.5 Å². The molecule has 0 unspecified atom stereocenters. The van der Waals surface area contributed by atoms with Crippen LogP contribution in [-0.4, -0.2) is 25.3 Å². The van der Waals surface area contributed by atoms with Crippen molar-refractivity contribution in [1.82, 2.24) is 0 Å². The van der Waals surface area contributed by atoms with Crippen molar-refractivity contribution in [2.75, 3.05) is 19.5 Å². The molecule has 0 bridgehead atoms. The van der Waals surface area contributed by atoms with Gasteiger partial charge in [-0.15, -0.1) is 0 Å².